The smallest absolute Gasteiger partial charge is 0.0431 e. The van der Waals surface area contributed by atoms with Crippen LogP contribution in [-0.4, -0.2) is 42.3 Å². The van der Waals surface area contributed by atoms with Crippen LogP contribution in [-0.2, 0) is 0 Å². The third-order valence-electron chi connectivity index (χ3n) is 2.42. The molecule has 0 aromatic rings. The van der Waals surface area contributed by atoms with Gasteiger partial charge in [0.1, 0.15) is 0 Å². The third kappa shape index (κ3) is 3.52. The standard InChI is InChI=1S/C9H20N2O/c10-9-4-3-6-11(8-9)5-1-2-7-12/h9,12H,1-8,10H2/t9-/m1/s1. The highest BCUT2D eigenvalue weighted by Crippen LogP contribution is 2.08. The molecule has 1 aliphatic rings. The molecule has 72 valence electrons. The molecule has 0 spiro atoms. The average molecular weight is 172 g/mol. The van der Waals surface area contributed by atoms with Crippen LogP contribution in [0.1, 0.15) is 25.7 Å². The molecular formula is C9H20N2O. The largest absolute Gasteiger partial charge is 0.396 e. The summed E-state index contributed by atoms with van der Waals surface area (Å²) in [6.45, 7) is 3.67. The van der Waals surface area contributed by atoms with Crippen molar-refractivity contribution in [2.45, 2.75) is 31.7 Å². The van der Waals surface area contributed by atoms with Crippen molar-refractivity contribution in [1.29, 1.82) is 0 Å². The second kappa shape index (κ2) is 5.51. The third-order valence-corrected chi connectivity index (χ3v) is 2.42. The van der Waals surface area contributed by atoms with Crippen molar-refractivity contribution in [2.24, 2.45) is 5.73 Å². The van der Waals surface area contributed by atoms with E-state index in [0.29, 0.717) is 12.6 Å². The van der Waals surface area contributed by atoms with Crippen molar-refractivity contribution in [3.05, 3.63) is 0 Å². The second-order valence-corrected chi connectivity index (χ2v) is 3.63. The fraction of sp³-hybridized carbons (Fsp3) is 1.00. The summed E-state index contributed by atoms with van der Waals surface area (Å²) >= 11 is 0. The molecule has 0 aromatic carbocycles. The summed E-state index contributed by atoms with van der Waals surface area (Å²) < 4.78 is 0. The van der Waals surface area contributed by atoms with E-state index in [2.05, 4.69) is 4.90 Å². The summed E-state index contributed by atoms with van der Waals surface area (Å²) in [5, 5.41) is 8.60. The zero-order valence-electron chi connectivity index (χ0n) is 7.71. The maximum atomic E-state index is 8.60. The second-order valence-electron chi connectivity index (χ2n) is 3.63. The maximum absolute atomic E-state index is 8.60. The number of hydrogen-bond acceptors (Lipinski definition) is 3. The molecule has 1 saturated heterocycles. The highest BCUT2D eigenvalue weighted by atomic mass is 16.2. The van der Waals surface area contributed by atoms with E-state index in [9.17, 15) is 0 Å². The maximum Gasteiger partial charge on any atom is 0.0431 e. The minimum Gasteiger partial charge on any atom is -0.396 e. The zero-order chi connectivity index (χ0) is 8.81. The van der Waals surface area contributed by atoms with Crippen molar-refractivity contribution in [1.82, 2.24) is 4.90 Å². The van der Waals surface area contributed by atoms with Gasteiger partial charge in [0, 0.05) is 19.2 Å². The van der Waals surface area contributed by atoms with E-state index in [0.717, 1.165) is 25.9 Å². The Morgan fingerprint density at radius 3 is 2.92 bits per heavy atom. The Morgan fingerprint density at radius 2 is 2.25 bits per heavy atom. The van der Waals surface area contributed by atoms with Gasteiger partial charge < -0.3 is 15.7 Å². The Bertz CT molecular complexity index is 119. The SMILES string of the molecule is N[C@@H]1CCCN(CCCCO)C1. The van der Waals surface area contributed by atoms with Gasteiger partial charge in [0.25, 0.3) is 0 Å². The summed E-state index contributed by atoms with van der Waals surface area (Å²) in [5.74, 6) is 0. The van der Waals surface area contributed by atoms with Gasteiger partial charge in [0.2, 0.25) is 0 Å². The minimum absolute atomic E-state index is 0.319. The first kappa shape index (κ1) is 9.96. The van der Waals surface area contributed by atoms with Gasteiger partial charge in [-0.1, -0.05) is 0 Å². The molecule has 1 aliphatic heterocycles. The number of rotatable bonds is 4. The van der Waals surface area contributed by atoms with Gasteiger partial charge in [-0.15, -0.1) is 0 Å². The minimum atomic E-state index is 0.319. The van der Waals surface area contributed by atoms with Gasteiger partial charge in [0.15, 0.2) is 0 Å². The molecule has 1 atom stereocenters. The Hall–Kier alpha value is -0.120. The van der Waals surface area contributed by atoms with Crippen molar-refractivity contribution in [2.75, 3.05) is 26.2 Å². The van der Waals surface area contributed by atoms with Crippen molar-refractivity contribution in [3.8, 4) is 0 Å². The number of nitrogens with zero attached hydrogens (tertiary/aromatic N) is 1. The van der Waals surface area contributed by atoms with Crippen LogP contribution in [0.4, 0.5) is 0 Å². The van der Waals surface area contributed by atoms with Gasteiger partial charge in [-0.3, -0.25) is 0 Å². The van der Waals surface area contributed by atoms with Gasteiger partial charge >= 0.3 is 0 Å². The van der Waals surface area contributed by atoms with E-state index in [1.807, 2.05) is 0 Å². The van der Waals surface area contributed by atoms with Crippen LogP contribution in [0, 0.1) is 0 Å². The van der Waals surface area contributed by atoms with E-state index in [1.165, 1.54) is 19.4 Å². The molecular weight excluding hydrogens is 152 g/mol. The van der Waals surface area contributed by atoms with Crippen LogP contribution in [0.15, 0.2) is 0 Å². The molecule has 0 aliphatic carbocycles. The fourth-order valence-corrected chi connectivity index (χ4v) is 1.74. The van der Waals surface area contributed by atoms with Gasteiger partial charge in [-0.05, 0) is 38.8 Å². The van der Waals surface area contributed by atoms with Crippen LogP contribution in [0.25, 0.3) is 0 Å². The molecule has 12 heavy (non-hydrogen) atoms. The number of nitrogens with two attached hydrogens (primary N) is 1. The molecule has 0 bridgehead atoms. The summed E-state index contributed by atoms with van der Waals surface area (Å²) in [5.41, 5.74) is 5.84. The molecule has 1 heterocycles. The molecule has 0 radical (unpaired) electrons. The van der Waals surface area contributed by atoms with Crippen molar-refractivity contribution in [3.63, 3.8) is 0 Å². The van der Waals surface area contributed by atoms with Gasteiger partial charge in [0.05, 0.1) is 0 Å². The lowest BCUT2D eigenvalue weighted by Crippen LogP contribution is -2.43. The number of hydrogen-bond donors (Lipinski definition) is 2. The molecule has 0 saturated carbocycles. The Balaban J connectivity index is 2.06. The van der Waals surface area contributed by atoms with E-state index < -0.39 is 0 Å². The monoisotopic (exact) mass is 172 g/mol. The first-order valence-electron chi connectivity index (χ1n) is 4.91. The van der Waals surface area contributed by atoms with Gasteiger partial charge in [-0.2, -0.15) is 0 Å². The first-order chi connectivity index (χ1) is 5.83. The molecule has 3 N–H and O–H groups in total. The highest BCUT2D eigenvalue weighted by Gasteiger charge is 2.15. The summed E-state index contributed by atoms with van der Waals surface area (Å²) in [6.07, 6.45) is 4.44. The lowest BCUT2D eigenvalue weighted by molar-refractivity contribution is 0.197. The first-order valence-corrected chi connectivity index (χ1v) is 4.91. The number of piperidine rings is 1. The molecule has 3 heteroatoms. The van der Waals surface area contributed by atoms with Crippen LogP contribution in [0.5, 0.6) is 0 Å². The van der Waals surface area contributed by atoms with Crippen molar-refractivity contribution >= 4 is 0 Å². The lowest BCUT2D eigenvalue weighted by atomic mass is 10.1. The predicted octanol–water partition coefficient (Wildman–Crippen LogP) is 0.182. The number of likely N-dealkylation sites (tertiary alicyclic amines) is 1. The topological polar surface area (TPSA) is 49.5 Å². The normalized spacial score (nSPS) is 26.0. The van der Waals surface area contributed by atoms with E-state index in [4.69, 9.17) is 10.8 Å². The van der Waals surface area contributed by atoms with E-state index in [-0.39, 0.29) is 0 Å². The Kier molecular flexibility index (Phi) is 4.58. The summed E-state index contributed by atoms with van der Waals surface area (Å²) in [7, 11) is 0. The number of aliphatic hydroxyl groups excluding tert-OH is 1. The molecule has 0 amide bonds. The Labute approximate surface area is 74.5 Å². The van der Waals surface area contributed by atoms with Crippen LogP contribution in [0.2, 0.25) is 0 Å². The van der Waals surface area contributed by atoms with Gasteiger partial charge in [-0.25, -0.2) is 0 Å². The van der Waals surface area contributed by atoms with Crippen LogP contribution < -0.4 is 5.73 Å². The van der Waals surface area contributed by atoms with Crippen molar-refractivity contribution < 1.29 is 5.11 Å². The predicted molar refractivity (Wildman–Crippen MR) is 50.0 cm³/mol. The molecule has 1 rings (SSSR count). The molecule has 0 unspecified atom stereocenters. The molecule has 1 fully saturated rings. The molecule has 0 aromatic heterocycles. The molecule has 3 nitrogen and oxygen atoms in total. The van der Waals surface area contributed by atoms with E-state index in [1.54, 1.807) is 0 Å². The zero-order valence-corrected chi connectivity index (χ0v) is 7.71. The number of unbranched alkanes of at least 4 members (excludes halogenated alkanes) is 1. The van der Waals surface area contributed by atoms with Crippen LogP contribution >= 0.6 is 0 Å². The highest BCUT2D eigenvalue weighted by molar-refractivity contribution is 4.74. The lowest BCUT2D eigenvalue weighted by Gasteiger charge is -2.30. The quantitative estimate of drug-likeness (QED) is 0.595. The van der Waals surface area contributed by atoms with Crippen LogP contribution in [0.3, 0.4) is 0 Å². The van der Waals surface area contributed by atoms with E-state index >= 15 is 0 Å². The average Bonchev–Trinajstić information content (AvgIpc) is 2.05. The summed E-state index contributed by atoms with van der Waals surface area (Å²) in [4.78, 5) is 2.41. The number of aliphatic hydroxyl groups is 1. The fourth-order valence-electron chi connectivity index (χ4n) is 1.74. The summed E-state index contributed by atoms with van der Waals surface area (Å²) in [6, 6.07) is 0.382. The Morgan fingerprint density at radius 1 is 1.42 bits per heavy atom.